The number of ether oxygens (including phenoxy) is 1. The summed E-state index contributed by atoms with van der Waals surface area (Å²) in [5.41, 5.74) is 0. The van der Waals surface area contributed by atoms with Crippen molar-refractivity contribution in [3.63, 3.8) is 0 Å². The summed E-state index contributed by atoms with van der Waals surface area (Å²) in [6.45, 7) is 4.90. The minimum atomic E-state index is -0.849. The standard InChI is InChI=1S/C72H135NO5/c1-3-5-7-9-11-13-15-17-19-21-22-29-33-36-40-44-48-52-56-60-64-70(75)69(68-74)73-71(76)65-61-57-53-49-45-41-37-34-30-27-25-23-24-26-28-31-35-39-43-47-51-55-59-63-67-78-72(77)66-62-58-54-50-46-42-38-32-20-18-16-14-12-10-8-6-4-2/h12,14,18,20,25,27,60,64,69-70,74-75H,3-11,13,15-17,19,21-24,26,28-59,61-63,65-68H2,1-2H3,(H,73,76)/b14-12-,20-18-,27-25-,64-60+. The monoisotopic (exact) mass is 1090 g/mol. The third-order valence-corrected chi connectivity index (χ3v) is 16.1. The second kappa shape index (κ2) is 67.3. The number of rotatable bonds is 65. The Morgan fingerprint density at radius 1 is 0.359 bits per heavy atom. The van der Waals surface area contributed by atoms with Gasteiger partial charge in [0.1, 0.15) is 0 Å². The Labute approximate surface area is 486 Å². The molecule has 6 heteroatoms. The van der Waals surface area contributed by atoms with Gasteiger partial charge in [-0.3, -0.25) is 9.59 Å². The number of aliphatic hydroxyl groups excluding tert-OH is 2. The molecule has 0 aliphatic heterocycles. The van der Waals surface area contributed by atoms with Crippen molar-refractivity contribution in [3.8, 4) is 0 Å². The molecule has 0 aromatic heterocycles. The lowest BCUT2D eigenvalue weighted by Gasteiger charge is -2.20. The SMILES string of the molecule is CCCCC/C=C\C/C=C\CCCCCCCCCC(=O)OCCCCCCCCCCCCCC/C=C\CCCCCCCCCCC(=O)NC(CO)C(O)/C=C/CCCCCCCCCCCCCCCCCCCC. The summed E-state index contributed by atoms with van der Waals surface area (Å²) in [5.74, 6) is -0.0654. The van der Waals surface area contributed by atoms with Crippen molar-refractivity contribution in [1.82, 2.24) is 5.32 Å². The van der Waals surface area contributed by atoms with E-state index in [1.165, 1.54) is 295 Å². The molecule has 0 rings (SSSR count). The molecule has 0 aromatic carbocycles. The molecule has 2 unspecified atom stereocenters. The van der Waals surface area contributed by atoms with Crippen molar-refractivity contribution >= 4 is 11.9 Å². The topological polar surface area (TPSA) is 95.9 Å². The first kappa shape index (κ1) is 75.8. The molecule has 0 aromatic rings. The number of carbonyl (C=O) groups is 2. The molecule has 78 heavy (non-hydrogen) atoms. The quantitative estimate of drug-likeness (QED) is 0.0320. The fourth-order valence-corrected chi connectivity index (χ4v) is 10.7. The highest BCUT2D eigenvalue weighted by molar-refractivity contribution is 5.76. The zero-order chi connectivity index (χ0) is 56.4. The summed E-state index contributed by atoms with van der Waals surface area (Å²) < 4.78 is 5.49. The van der Waals surface area contributed by atoms with E-state index in [2.05, 4.69) is 55.6 Å². The van der Waals surface area contributed by atoms with Crippen LogP contribution < -0.4 is 5.32 Å². The van der Waals surface area contributed by atoms with Crippen molar-refractivity contribution in [1.29, 1.82) is 0 Å². The predicted octanol–water partition coefficient (Wildman–Crippen LogP) is 22.5. The van der Waals surface area contributed by atoms with E-state index in [1.807, 2.05) is 6.08 Å². The average Bonchev–Trinajstić information content (AvgIpc) is 3.44. The number of allylic oxidation sites excluding steroid dienone is 7. The highest BCUT2D eigenvalue weighted by Gasteiger charge is 2.18. The van der Waals surface area contributed by atoms with Crippen LogP contribution in [0.2, 0.25) is 0 Å². The van der Waals surface area contributed by atoms with Gasteiger partial charge in [-0.25, -0.2) is 0 Å². The Balaban J connectivity index is 3.43. The van der Waals surface area contributed by atoms with Crippen molar-refractivity contribution in [3.05, 3.63) is 48.6 Å². The summed E-state index contributed by atoms with van der Waals surface area (Å²) in [6.07, 6.45) is 87.5. The molecule has 0 radical (unpaired) electrons. The van der Waals surface area contributed by atoms with Gasteiger partial charge in [0, 0.05) is 12.8 Å². The maximum absolute atomic E-state index is 12.5. The maximum Gasteiger partial charge on any atom is 0.305 e. The van der Waals surface area contributed by atoms with Crippen LogP contribution in [-0.2, 0) is 14.3 Å². The third-order valence-electron chi connectivity index (χ3n) is 16.1. The average molecular weight is 1090 g/mol. The van der Waals surface area contributed by atoms with E-state index < -0.39 is 12.1 Å². The highest BCUT2D eigenvalue weighted by Crippen LogP contribution is 2.18. The van der Waals surface area contributed by atoms with Crippen molar-refractivity contribution < 1.29 is 24.5 Å². The highest BCUT2D eigenvalue weighted by atomic mass is 16.5. The van der Waals surface area contributed by atoms with E-state index in [9.17, 15) is 19.8 Å². The number of unbranched alkanes of at least 4 members (excludes halogenated alkanes) is 48. The molecule has 0 aliphatic rings. The molecular formula is C72H135NO5. The van der Waals surface area contributed by atoms with Crippen molar-refractivity contribution in [2.24, 2.45) is 0 Å². The van der Waals surface area contributed by atoms with Crippen LogP contribution in [-0.4, -0.2) is 47.4 Å². The zero-order valence-corrected chi connectivity index (χ0v) is 52.4. The van der Waals surface area contributed by atoms with Crippen LogP contribution in [0.3, 0.4) is 0 Å². The molecule has 0 fully saturated rings. The van der Waals surface area contributed by atoms with Crippen LogP contribution in [0, 0.1) is 0 Å². The largest absolute Gasteiger partial charge is 0.466 e. The Morgan fingerprint density at radius 3 is 1.01 bits per heavy atom. The van der Waals surface area contributed by atoms with E-state index in [4.69, 9.17) is 4.74 Å². The molecule has 1 amide bonds. The number of amides is 1. The van der Waals surface area contributed by atoms with Gasteiger partial charge >= 0.3 is 5.97 Å². The Hall–Kier alpha value is -2.18. The van der Waals surface area contributed by atoms with Crippen LogP contribution >= 0.6 is 0 Å². The molecule has 0 spiro atoms. The predicted molar refractivity (Wildman–Crippen MR) is 342 cm³/mol. The number of hydrogen-bond donors (Lipinski definition) is 3. The van der Waals surface area contributed by atoms with Crippen molar-refractivity contribution in [2.75, 3.05) is 13.2 Å². The van der Waals surface area contributed by atoms with Crippen LogP contribution in [0.15, 0.2) is 48.6 Å². The number of hydrogen-bond acceptors (Lipinski definition) is 5. The first-order valence-corrected chi connectivity index (χ1v) is 34.9. The van der Waals surface area contributed by atoms with Crippen LogP contribution in [0.1, 0.15) is 373 Å². The molecule has 0 bridgehead atoms. The Morgan fingerprint density at radius 2 is 0.641 bits per heavy atom. The lowest BCUT2D eigenvalue weighted by molar-refractivity contribution is -0.143. The molecule has 458 valence electrons. The van der Waals surface area contributed by atoms with Gasteiger partial charge in [0.25, 0.3) is 0 Å². The summed E-state index contributed by atoms with van der Waals surface area (Å²) in [6, 6.07) is -0.633. The zero-order valence-electron chi connectivity index (χ0n) is 52.4. The number of carbonyl (C=O) groups excluding carboxylic acids is 2. The van der Waals surface area contributed by atoms with E-state index >= 15 is 0 Å². The minimum absolute atomic E-state index is 0.00447. The van der Waals surface area contributed by atoms with E-state index in [-0.39, 0.29) is 18.5 Å². The van der Waals surface area contributed by atoms with Gasteiger partial charge in [-0.2, -0.15) is 0 Å². The maximum atomic E-state index is 12.5. The molecule has 0 saturated heterocycles. The summed E-state index contributed by atoms with van der Waals surface area (Å²) >= 11 is 0. The van der Waals surface area contributed by atoms with Gasteiger partial charge < -0.3 is 20.3 Å². The Bertz CT molecular complexity index is 1310. The lowest BCUT2D eigenvalue weighted by atomic mass is 10.0. The summed E-state index contributed by atoms with van der Waals surface area (Å²) in [4.78, 5) is 24.6. The van der Waals surface area contributed by atoms with Gasteiger partial charge in [0.2, 0.25) is 5.91 Å². The molecule has 6 nitrogen and oxygen atoms in total. The second-order valence-electron chi connectivity index (χ2n) is 23.9. The van der Waals surface area contributed by atoms with E-state index in [0.29, 0.717) is 19.4 Å². The van der Waals surface area contributed by atoms with E-state index in [0.717, 1.165) is 51.4 Å². The summed E-state index contributed by atoms with van der Waals surface area (Å²) in [7, 11) is 0. The molecule has 0 heterocycles. The summed E-state index contributed by atoms with van der Waals surface area (Å²) in [5, 5.41) is 23.2. The fourth-order valence-electron chi connectivity index (χ4n) is 10.7. The molecule has 3 N–H and O–H groups in total. The molecule has 0 aliphatic carbocycles. The molecular weight excluding hydrogens is 959 g/mol. The lowest BCUT2D eigenvalue weighted by Crippen LogP contribution is -2.45. The first-order valence-electron chi connectivity index (χ1n) is 34.9. The van der Waals surface area contributed by atoms with Gasteiger partial charge in [0.15, 0.2) is 0 Å². The normalized spacial score (nSPS) is 12.8. The van der Waals surface area contributed by atoms with Gasteiger partial charge in [0.05, 0.1) is 25.4 Å². The van der Waals surface area contributed by atoms with Gasteiger partial charge in [-0.15, -0.1) is 0 Å². The van der Waals surface area contributed by atoms with Crippen LogP contribution in [0.5, 0.6) is 0 Å². The third kappa shape index (κ3) is 63.0. The van der Waals surface area contributed by atoms with Gasteiger partial charge in [-0.05, 0) is 89.9 Å². The number of nitrogens with one attached hydrogen (secondary N) is 1. The van der Waals surface area contributed by atoms with Gasteiger partial charge in [-0.1, -0.05) is 319 Å². The van der Waals surface area contributed by atoms with E-state index in [1.54, 1.807) is 6.08 Å². The fraction of sp³-hybridized carbons (Fsp3) is 0.861. The Kier molecular flexibility index (Phi) is 65.4. The van der Waals surface area contributed by atoms with Crippen molar-refractivity contribution in [2.45, 2.75) is 386 Å². The smallest absolute Gasteiger partial charge is 0.305 e. The first-order chi connectivity index (χ1) is 38.5. The second-order valence-corrected chi connectivity index (χ2v) is 23.9. The minimum Gasteiger partial charge on any atom is -0.466 e. The molecule has 0 saturated carbocycles. The van der Waals surface area contributed by atoms with Crippen LogP contribution in [0.25, 0.3) is 0 Å². The molecule has 2 atom stereocenters. The number of esters is 1. The number of aliphatic hydroxyl groups is 2. The van der Waals surface area contributed by atoms with Crippen LogP contribution in [0.4, 0.5) is 0 Å².